The van der Waals surface area contributed by atoms with Crippen LogP contribution in [0.3, 0.4) is 0 Å². The van der Waals surface area contributed by atoms with Crippen LogP contribution in [0.4, 0.5) is 5.82 Å². The third-order valence-corrected chi connectivity index (χ3v) is 2.13. The predicted octanol–water partition coefficient (Wildman–Crippen LogP) is 1.42. The lowest BCUT2D eigenvalue weighted by Crippen LogP contribution is -2.30. The van der Waals surface area contributed by atoms with E-state index < -0.39 is 5.54 Å². The van der Waals surface area contributed by atoms with Crippen molar-refractivity contribution in [2.45, 2.75) is 26.3 Å². The summed E-state index contributed by atoms with van der Waals surface area (Å²) in [6, 6.07) is 2.12. The highest BCUT2D eigenvalue weighted by molar-refractivity contribution is 5.57. The number of anilines is 1. The van der Waals surface area contributed by atoms with Gasteiger partial charge in [-0.2, -0.15) is 10.4 Å². The summed E-state index contributed by atoms with van der Waals surface area (Å²) in [6.45, 7) is 5.54. The van der Waals surface area contributed by atoms with Crippen LogP contribution < -0.4 is 5.32 Å². The second kappa shape index (κ2) is 3.67. The van der Waals surface area contributed by atoms with E-state index in [2.05, 4.69) is 22.4 Å². The molecule has 0 unspecified atom stereocenters. The van der Waals surface area contributed by atoms with E-state index in [0.29, 0.717) is 17.1 Å². The van der Waals surface area contributed by atoms with Gasteiger partial charge in [0.05, 0.1) is 11.2 Å². The molecule has 1 aromatic rings. The third-order valence-electron chi connectivity index (χ3n) is 2.13. The molecular formula is C11H14N4. The molecule has 1 rings (SSSR count). The molecule has 0 aliphatic rings. The van der Waals surface area contributed by atoms with E-state index in [4.69, 9.17) is 11.7 Å². The van der Waals surface area contributed by atoms with Crippen molar-refractivity contribution in [1.29, 1.82) is 5.26 Å². The molecule has 0 saturated carbocycles. The van der Waals surface area contributed by atoms with Crippen LogP contribution in [0.1, 0.15) is 25.1 Å². The molecule has 0 aliphatic heterocycles. The summed E-state index contributed by atoms with van der Waals surface area (Å²) in [5.41, 5.74) is 0.752. The van der Waals surface area contributed by atoms with Gasteiger partial charge in [-0.25, -0.2) is 0 Å². The molecule has 0 saturated heterocycles. The minimum atomic E-state index is -0.494. The largest absolute Gasteiger partial charge is 0.353 e. The van der Waals surface area contributed by atoms with Gasteiger partial charge in [-0.15, -0.1) is 6.42 Å². The minimum Gasteiger partial charge on any atom is -0.353 e. The van der Waals surface area contributed by atoms with E-state index in [0.717, 1.165) is 0 Å². The topological polar surface area (TPSA) is 53.6 Å². The Morgan fingerprint density at radius 2 is 2.13 bits per heavy atom. The monoisotopic (exact) mass is 202 g/mol. The number of aromatic nitrogens is 2. The van der Waals surface area contributed by atoms with Gasteiger partial charge in [0, 0.05) is 7.05 Å². The van der Waals surface area contributed by atoms with Crippen molar-refractivity contribution in [1.82, 2.24) is 9.78 Å². The summed E-state index contributed by atoms with van der Waals surface area (Å²) in [4.78, 5) is 0. The van der Waals surface area contributed by atoms with Crippen LogP contribution in [-0.2, 0) is 7.05 Å². The maximum atomic E-state index is 8.99. The number of nitrogens with zero attached hydrogens (tertiary/aromatic N) is 3. The lowest BCUT2D eigenvalue weighted by molar-refractivity contribution is 0.696. The molecule has 4 nitrogen and oxygen atoms in total. The zero-order valence-corrected chi connectivity index (χ0v) is 9.42. The number of hydrogen-bond acceptors (Lipinski definition) is 3. The predicted molar refractivity (Wildman–Crippen MR) is 59.2 cm³/mol. The molecule has 0 atom stereocenters. The Bertz CT molecular complexity index is 454. The molecule has 0 aliphatic carbocycles. The SMILES string of the molecule is C#CC(C)(C)Nc1c(C#N)c(C)nn1C. The van der Waals surface area contributed by atoms with E-state index in [1.807, 2.05) is 13.8 Å². The van der Waals surface area contributed by atoms with E-state index >= 15 is 0 Å². The quantitative estimate of drug-likeness (QED) is 0.738. The first-order chi connectivity index (χ1) is 6.91. The van der Waals surface area contributed by atoms with Crippen LogP contribution >= 0.6 is 0 Å². The molecule has 78 valence electrons. The summed E-state index contributed by atoms with van der Waals surface area (Å²) < 4.78 is 1.63. The second-order valence-corrected chi connectivity index (χ2v) is 3.94. The molecule has 0 aromatic carbocycles. The van der Waals surface area contributed by atoms with Gasteiger partial charge in [-0.3, -0.25) is 4.68 Å². The number of nitriles is 1. The molecule has 15 heavy (non-hydrogen) atoms. The Labute approximate surface area is 89.9 Å². The van der Waals surface area contributed by atoms with Gasteiger partial charge in [0.15, 0.2) is 0 Å². The Balaban J connectivity index is 3.17. The molecule has 1 aromatic heterocycles. The Morgan fingerprint density at radius 1 is 1.53 bits per heavy atom. The average molecular weight is 202 g/mol. The van der Waals surface area contributed by atoms with Crippen molar-refractivity contribution in [3.63, 3.8) is 0 Å². The van der Waals surface area contributed by atoms with Crippen molar-refractivity contribution in [2.24, 2.45) is 7.05 Å². The van der Waals surface area contributed by atoms with Crippen LogP contribution in [0.2, 0.25) is 0 Å². The summed E-state index contributed by atoms with van der Waals surface area (Å²) in [5.74, 6) is 3.28. The molecular weight excluding hydrogens is 188 g/mol. The first-order valence-electron chi connectivity index (χ1n) is 4.61. The molecule has 0 amide bonds. The smallest absolute Gasteiger partial charge is 0.143 e. The Kier molecular flexibility index (Phi) is 2.72. The molecule has 1 heterocycles. The molecule has 0 fully saturated rings. The normalized spacial score (nSPS) is 10.5. The number of nitrogens with one attached hydrogen (secondary N) is 1. The second-order valence-electron chi connectivity index (χ2n) is 3.94. The standard InChI is InChI=1S/C11H14N4/c1-6-11(3,4)13-10-9(7-12)8(2)14-15(10)5/h1,13H,2-5H3. The number of aryl methyl sites for hydroxylation is 2. The van der Waals surface area contributed by atoms with Gasteiger partial charge in [0.2, 0.25) is 0 Å². The van der Waals surface area contributed by atoms with E-state index in [1.54, 1.807) is 18.7 Å². The van der Waals surface area contributed by atoms with Crippen LogP contribution in [-0.4, -0.2) is 15.3 Å². The van der Waals surface area contributed by atoms with Crippen molar-refractivity contribution in [3.8, 4) is 18.4 Å². The Hall–Kier alpha value is -1.94. The van der Waals surface area contributed by atoms with Crippen molar-refractivity contribution in [2.75, 3.05) is 5.32 Å². The van der Waals surface area contributed by atoms with Crippen LogP contribution in [0.25, 0.3) is 0 Å². The fraction of sp³-hybridized carbons (Fsp3) is 0.455. The zero-order chi connectivity index (χ0) is 11.6. The van der Waals surface area contributed by atoms with Crippen molar-refractivity contribution < 1.29 is 0 Å². The summed E-state index contributed by atoms with van der Waals surface area (Å²) in [7, 11) is 1.78. The van der Waals surface area contributed by atoms with Gasteiger partial charge in [0.1, 0.15) is 17.5 Å². The number of terminal acetylenes is 1. The van der Waals surface area contributed by atoms with E-state index in [1.165, 1.54) is 0 Å². The maximum absolute atomic E-state index is 8.99. The molecule has 1 N–H and O–H groups in total. The highest BCUT2D eigenvalue weighted by Crippen LogP contribution is 2.21. The lowest BCUT2D eigenvalue weighted by atomic mass is 10.1. The summed E-state index contributed by atoms with van der Waals surface area (Å²) in [5, 5.41) is 16.3. The Morgan fingerprint density at radius 3 is 2.60 bits per heavy atom. The van der Waals surface area contributed by atoms with Crippen LogP contribution in [0.5, 0.6) is 0 Å². The van der Waals surface area contributed by atoms with Crippen LogP contribution in [0.15, 0.2) is 0 Å². The molecule has 0 radical (unpaired) electrons. The van der Waals surface area contributed by atoms with Gasteiger partial charge in [-0.05, 0) is 20.8 Å². The van der Waals surface area contributed by atoms with Crippen molar-refractivity contribution >= 4 is 5.82 Å². The summed E-state index contributed by atoms with van der Waals surface area (Å²) >= 11 is 0. The summed E-state index contributed by atoms with van der Waals surface area (Å²) in [6.07, 6.45) is 5.38. The zero-order valence-electron chi connectivity index (χ0n) is 9.42. The fourth-order valence-electron chi connectivity index (χ4n) is 1.27. The van der Waals surface area contributed by atoms with Crippen LogP contribution in [0, 0.1) is 30.6 Å². The molecule has 0 bridgehead atoms. The van der Waals surface area contributed by atoms with Gasteiger partial charge in [-0.1, -0.05) is 5.92 Å². The average Bonchev–Trinajstić information content (AvgIpc) is 2.41. The lowest BCUT2D eigenvalue weighted by Gasteiger charge is -2.21. The number of hydrogen-bond donors (Lipinski definition) is 1. The highest BCUT2D eigenvalue weighted by Gasteiger charge is 2.20. The maximum Gasteiger partial charge on any atom is 0.143 e. The van der Waals surface area contributed by atoms with Gasteiger partial charge >= 0.3 is 0 Å². The van der Waals surface area contributed by atoms with E-state index in [-0.39, 0.29) is 0 Å². The number of rotatable bonds is 2. The van der Waals surface area contributed by atoms with Gasteiger partial charge in [0.25, 0.3) is 0 Å². The molecule has 0 spiro atoms. The third kappa shape index (κ3) is 2.11. The first kappa shape index (κ1) is 11.1. The first-order valence-corrected chi connectivity index (χ1v) is 4.61. The fourth-order valence-corrected chi connectivity index (χ4v) is 1.27. The van der Waals surface area contributed by atoms with Gasteiger partial charge < -0.3 is 5.32 Å². The minimum absolute atomic E-state index is 0.494. The van der Waals surface area contributed by atoms with E-state index in [9.17, 15) is 0 Å². The van der Waals surface area contributed by atoms with Crippen molar-refractivity contribution in [3.05, 3.63) is 11.3 Å². The molecule has 4 heteroatoms. The highest BCUT2D eigenvalue weighted by atomic mass is 15.3.